The molecule has 1 aromatic heterocycles. The number of aliphatic hydroxyl groups excluding tert-OH is 1. The SMILES string of the molecule is COc1ccc([C@H]2Oc3c(OC)c(Cl)c4ccc(=O)oc4c3O[C@@H]2CO)cc1OC. The number of fused-ring (bicyclic) bond motifs is 3. The monoisotopic (exact) mass is 434 g/mol. The highest BCUT2D eigenvalue weighted by atomic mass is 35.5. The number of aliphatic hydroxyl groups is 1. The zero-order chi connectivity index (χ0) is 21.4. The van der Waals surface area contributed by atoms with Crippen molar-refractivity contribution in [2.45, 2.75) is 12.2 Å². The van der Waals surface area contributed by atoms with Crippen LogP contribution in [0.3, 0.4) is 0 Å². The number of hydrogen-bond acceptors (Lipinski definition) is 8. The molecular formula is C21H19ClO8. The van der Waals surface area contributed by atoms with E-state index < -0.39 is 17.8 Å². The Labute approximate surface area is 176 Å². The van der Waals surface area contributed by atoms with Gasteiger partial charge in [0, 0.05) is 17.0 Å². The molecule has 1 aliphatic heterocycles. The Morgan fingerprint density at radius 3 is 2.43 bits per heavy atom. The van der Waals surface area contributed by atoms with E-state index in [9.17, 15) is 9.90 Å². The van der Waals surface area contributed by atoms with Crippen molar-refractivity contribution in [1.82, 2.24) is 0 Å². The van der Waals surface area contributed by atoms with Crippen LogP contribution in [0.4, 0.5) is 0 Å². The van der Waals surface area contributed by atoms with Crippen LogP contribution >= 0.6 is 11.6 Å². The molecule has 1 N–H and O–H groups in total. The average molecular weight is 435 g/mol. The van der Waals surface area contributed by atoms with Gasteiger partial charge in [-0.1, -0.05) is 17.7 Å². The number of methoxy groups -OCH3 is 3. The summed E-state index contributed by atoms with van der Waals surface area (Å²) in [5.74, 6) is 1.59. The quantitative estimate of drug-likeness (QED) is 0.611. The van der Waals surface area contributed by atoms with Crippen LogP contribution < -0.4 is 29.3 Å². The molecule has 9 heteroatoms. The smallest absolute Gasteiger partial charge is 0.336 e. The van der Waals surface area contributed by atoms with Gasteiger partial charge < -0.3 is 33.2 Å². The van der Waals surface area contributed by atoms with Gasteiger partial charge in [0.05, 0.1) is 33.0 Å². The van der Waals surface area contributed by atoms with Crippen molar-refractivity contribution in [3.63, 3.8) is 0 Å². The van der Waals surface area contributed by atoms with Gasteiger partial charge in [0.2, 0.25) is 11.5 Å². The first-order chi connectivity index (χ1) is 14.5. The van der Waals surface area contributed by atoms with Gasteiger partial charge in [0.1, 0.15) is 0 Å². The zero-order valence-electron chi connectivity index (χ0n) is 16.4. The molecule has 0 unspecified atom stereocenters. The molecule has 0 radical (unpaired) electrons. The third-order valence-corrected chi connectivity index (χ3v) is 5.24. The van der Waals surface area contributed by atoms with Crippen molar-refractivity contribution in [2.24, 2.45) is 0 Å². The van der Waals surface area contributed by atoms with Gasteiger partial charge in [-0.15, -0.1) is 0 Å². The van der Waals surface area contributed by atoms with Gasteiger partial charge in [-0.05, 0) is 18.2 Å². The lowest BCUT2D eigenvalue weighted by Crippen LogP contribution is -2.36. The van der Waals surface area contributed by atoms with Crippen LogP contribution in [0.2, 0.25) is 5.02 Å². The van der Waals surface area contributed by atoms with Crippen LogP contribution in [0.25, 0.3) is 11.0 Å². The van der Waals surface area contributed by atoms with Crippen LogP contribution in [0, 0.1) is 0 Å². The van der Waals surface area contributed by atoms with E-state index in [1.54, 1.807) is 18.2 Å². The molecule has 2 atom stereocenters. The summed E-state index contributed by atoms with van der Waals surface area (Å²) in [5.41, 5.74) is 0.217. The number of ether oxygens (including phenoxy) is 5. The third kappa shape index (κ3) is 3.18. The van der Waals surface area contributed by atoms with Crippen LogP contribution in [-0.4, -0.2) is 39.1 Å². The molecule has 0 spiro atoms. The molecule has 0 aliphatic carbocycles. The highest BCUT2D eigenvalue weighted by Gasteiger charge is 2.38. The standard InChI is InChI=1S/C21H19ClO8/c1-25-12-6-4-10(8-13(12)26-2)17-14(9-23)28-20-18-11(5-7-15(24)29-18)16(22)19(27-3)21(20)30-17/h4-8,14,17,23H,9H2,1-3H3/t14-,17-/m1/s1. The molecule has 8 nitrogen and oxygen atoms in total. The average Bonchev–Trinajstić information content (AvgIpc) is 2.78. The first-order valence-corrected chi connectivity index (χ1v) is 9.39. The van der Waals surface area contributed by atoms with Crippen molar-refractivity contribution < 1.29 is 33.2 Å². The predicted octanol–water partition coefficient (Wildman–Crippen LogP) is 3.35. The fourth-order valence-corrected chi connectivity index (χ4v) is 3.76. The Morgan fingerprint density at radius 2 is 1.77 bits per heavy atom. The molecule has 158 valence electrons. The molecule has 30 heavy (non-hydrogen) atoms. The Morgan fingerprint density at radius 1 is 1.00 bits per heavy atom. The number of halogens is 1. The summed E-state index contributed by atoms with van der Waals surface area (Å²) in [4.78, 5) is 11.8. The molecule has 0 saturated heterocycles. The predicted molar refractivity (Wildman–Crippen MR) is 108 cm³/mol. The second-order valence-electron chi connectivity index (χ2n) is 6.49. The Balaban J connectivity index is 1.89. The fraction of sp³-hybridized carbons (Fsp3) is 0.286. The molecule has 0 fully saturated rings. The van der Waals surface area contributed by atoms with E-state index in [1.807, 2.05) is 0 Å². The van der Waals surface area contributed by atoms with Crippen LogP contribution in [0.15, 0.2) is 39.5 Å². The summed E-state index contributed by atoms with van der Waals surface area (Å²) in [6, 6.07) is 8.00. The molecule has 2 heterocycles. The van der Waals surface area contributed by atoms with E-state index in [-0.39, 0.29) is 34.5 Å². The van der Waals surface area contributed by atoms with E-state index in [4.69, 9.17) is 39.7 Å². The van der Waals surface area contributed by atoms with Gasteiger partial charge in [-0.25, -0.2) is 4.79 Å². The van der Waals surface area contributed by atoms with Crippen molar-refractivity contribution in [1.29, 1.82) is 0 Å². The highest BCUT2D eigenvalue weighted by molar-refractivity contribution is 6.37. The van der Waals surface area contributed by atoms with Crippen molar-refractivity contribution in [3.8, 4) is 28.7 Å². The normalized spacial score (nSPS) is 17.6. The van der Waals surface area contributed by atoms with Crippen LogP contribution in [0.1, 0.15) is 11.7 Å². The summed E-state index contributed by atoms with van der Waals surface area (Å²) in [6.07, 6.45) is -1.52. The molecule has 1 aliphatic rings. The van der Waals surface area contributed by atoms with E-state index in [1.165, 1.54) is 33.5 Å². The largest absolute Gasteiger partial charge is 0.493 e. The lowest BCUT2D eigenvalue weighted by molar-refractivity contribution is -0.0135. The molecule has 0 amide bonds. The molecule has 4 rings (SSSR count). The van der Waals surface area contributed by atoms with E-state index >= 15 is 0 Å². The van der Waals surface area contributed by atoms with Crippen LogP contribution in [0.5, 0.6) is 28.7 Å². The van der Waals surface area contributed by atoms with Gasteiger partial charge in [-0.3, -0.25) is 0 Å². The minimum absolute atomic E-state index is 0.118. The molecule has 0 bridgehead atoms. The number of hydrogen-bond donors (Lipinski definition) is 1. The fourth-order valence-electron chi connectivity index (χ4n) is 3.44. The van der Waals surface area contributed by atoms with Gasteiger partial charge in [0.15, 0.2) is 35.0 Å². The maximum Gasteiger partial charge on any atom is 0.336 e. The second-order valence-corrected chi connectivity index (χ2v) is 6.87. The highest BCUT2D eigenvalue weighted by Crippen LogP contribution is 2.53. The summed E-state index contributed by atoms with van der Waals surface area (Å²) < 4.78 is 33.6. The van der Waals surface area contributed by atoms with E-state index in [0.29, 0.717) is 22.4 Å². The number of benzene rings is 2. The summed E-state index contributed by atoms with van der Waals surface area (Å²) in [7, 11) is 4.51. The Kier molecular flexibility index (Phi) is 5.36. The summed E-state index contributed by atoms with van der Waals surface area (Å²) >= 11 is 6.47. The van der Waals surface area contributed by atoms with Crippen LogP contribution in [-0.2, 0) is 0 Å². The molecular weight excluding hydrogens is 416 g/mol. The second kappa shape index (κ2) is 7.97. The first-order valence-electron chi connectivity index (χ1n) is 9.01. The lowest BCUT2D eigenvalue weighted by Gasteiger charge is -2.34. The van der Waals surface area contributed by atoms with E-state index in [0.717, 1.165) is 0 Å². The summed E-state index contributed by atoms with van der Waals surface area (Å²) in [5, 5.41) is 10.6. The minimum atomic E-state index is -0.796. The van der Waals surface area contributed by atoms with Gasteiger partial charge >= 0.3 is 5.63 Å². The molecule has 2 aromatic carbocycles. The van der Waals surface area contributed by atoms with Gasteiger partial charge in [0.25, 0.3) is 0 Å². The Hall–Kier alpha value is -3.10. The Bertz CT molecular complexity index is 1160. The lowest BCUT2D eigenvalue weighted by atomic mass is 10.0. The van der Waals surface area contributed by atoms with Crippen molar-refractivity contribution in [3.05, 3.63) is 51.3 Å². The first kappa shape index (κ1) is 20.2. The maximum absolute atomic E-state index is 11.8. The number of rotatable bonds is 5. The van der Waals surface area contributed by atoms with E-state index in [2.05, 4.69) is 0 Å². The minimum Gasteiger partial charge on any atom is -0.493 e. The van der Waals surface area contributed by atoms with Crippen molar-refractivity contribution >= 4 is 22.6 Å². The van der Waals surface area contributed by atoms with Gasteiger partial charge in [-0.2, -0.15) is 0 Å². The summed E-state index contributed by atoms with van der Waals surface area (Å²) in [6.45, 7) is -0.359. The maximum atomic E-state index is 11.8. The topological polar surface area (TPSA) is 96.6 Å². The zero-order valence-corrected chi connectivity index (χ0v) is 17.2. The van der Waals surface area contributed by atoms with Crippen molar-refractivity contribution in [2.75, 3.05) is 27.9 Å². The molecule has 3 aromatic rings. The molecule has 0 saturated carbocycles. The third-order valence-electron chi connectivity index (χ3n) is 4.86.